The van der Waals surface area contributed by atoms with Crippen LogP contribution in [-0.4, -0.2) is 26.9 Å². The zero-order valence-electron chi connectivity index (χ0n) is 8.87. The van der Waals surface area contributed by atoms with Crippen LogP contribution in [0.15, 0.2) is 30.3 Å². The van der Waals surface area contributed by atoms with Gasteiger partial charge < -0.3 is 0 Å². The van der Waals surface area contributed by atoms with E-state index in [1.54, 1.807) is 30.3 Å². The molecule has 0 bridgehead atoms. The molecule has 0 atom stereocenters. The lowest BCUT2D eigenvalue weighted by atomic mass is 10.2. The normalized spacial score (nSPS) is 12.6. The van der Waals surface area contributed by atoms with Crippen molar-refractivity contribution >= 4 is 10.0 Å². The summed E-state index contributed by atoms with van der Waals surface area (Å²) < 4.78 is 59.6. The van der Waals surface area contributed by atoms with E-state index in [1.165, 1.54) is 0 Å². The lowest BCUT2D eigenvalue weighted by Crippen LogP contribution is -2.34. The molecule has 1 aromatic carbocycles. The highest BCUT2D eigenvalue weighted by Crippen LogP contribution is 2.16. The number of halogens is 3. The third-order valence-corrected chi connectivity index (χ3v) is 3.28. The van der Waals surface area contributed by atoms with Crippen LogP contribution >= 0.6 is 0 Å². The summed E-state index contributed by atoms with van der Waals surface area (Å²) in [5.74, 6) is -1.84. The van der Waals surface area contributed by atoms with Crippen molar-refractivity contribution in [1.82, 2.24) is 4.72 Å². The summed E-state index contributed by atoms with van der Waals surface area (Å²) >= 11 is 0. The molecule has 0 aromatic heterocycles. The van der Waals surface area contributed by atoms with Gasteiger partial charge in [-0.15, -0.1) is 0 Å². The van der Waals surface area contributed by atoms with Gasteiger partial charge in [0.25, 0.3) is 0 Å². The van der Waals surface area contributed by atoms with E-state index < -0.39 is 22.0 Å². The molecule has 1 rings (SSSR count). The van der Waals surface area contributed by atoms with Gasteiger partial charge in [-0.25, -0.2) is 13.1 Å². The van der Waals surface area contributed by atoms with E-state index >= 15 is 0 Å². The van der Waals surface area contributed by atoms with Crippen molar-refractivity contribution in [3.05, 3.63) is 35.9 Å². The fourth-order valence-electron chi connectivity index (χ4n) is 1.26. The molecule has 0 radical (unpaired) electrons. The molecule has 0 aliphatic carbocycles. The minimum Gasteiger partial charge on any atom is -0.215 e. The number of hydrogen-bond donors (Lipinski definition) is 1. The Morgan fingerprint density at radius 3 is 2.24 bits per heavy atom. The summed E-state index contributed by atoms with van der Waals surface area (Å²) in [7, 11) is -4.28. The third kappa shape index (κ3) is 6.28. The van der Waals surface area contributed by atoms with E-state index in [2.05, 4.69) is 0 Å². The van der Waals surface area contributed by atoms with Crippen molar-refractivity contribution in [1.29, 1.82) is 0 Å². The van der Waals surface area contributed by atoms with Gasteiger partial charge in [-0.05, 0) is 12.0 Å². The molecule has 0 aliphatic heterocycles. The highest BCUT2D eigenvalue weighted by molar-refractivity contribution is 7.89. The van der Waals surface area contributed by atoms with E-state index in [1.807, 2.05) is 4.72 Å². The Bertz CT molecular complexity index is 442. The van der Waals surface area contributed by atoms with Crippen molar-refractivity contribution in [2.75, 3.05) is 12.3 Å². The van der Waals surface area contributed by atoms with Crippen LogP contribution in [0.25, 0.3) is 0 Å². The summed E-state index contributed by atoms with van der Waals surface area (Å²) in [5.41, 5.74) is 0.863. The largest absolute Gasteiger partial charge is 0.404 e. The molecule has 1 N–H and O–H groups in total. The smallest absolute Gasteiger partial charge is 0.215 e. The maximum absolute atomic E-state index is 11.9. The SMILES string of the molecule is O=S(=O)(CC(F)(F)F)NCCc1ccccc1. The highest BCUT2D eigenvalue weighted by Gasteiger charge is 2.34. The standard InChI is InChI=1S/C10H12F3NO2S/c11-10(12,13)8-17(15,16)14-7-6-9-4-2-1-3-5-9/h1-5,14H,6-8H2. The van der Waals surface area contributed by atoms with Gasteiger partial charge in [0, 0.05) is 6.54 Å². The molecule has 0 amide bonds. The second-order valence-corrected chi connectivity index (χ2v) is 5.31. The predicted octanol–water partition coefficient (Wildman–Crippen LogP) is 1.71. The molecule has 0 unspecified atom stereocenters. The average Bonchev–Trinajstić information content (AvgIpc) is 2.15. The van der Waals surface area contributed by atoms with Crippen molar-refractivity contribution in [2.45, 2.75) is 12.6 Å². The third-order valence-electron chi connectivity index (χ3n) is 1.93. The van der Waals surface area contributed by atoms with Crippen LogP contribution in [0.2, 0.25) is 0 Å². The monoisotopic (exact) mass is 267 g/mol. The van der Waals surface area contributed by atoms with Crippen LogP contribution in [0, 0.1) is 0 Å². The molecular weight excluding hydrogens is 255 g/mol. The lowest BCUT2D eigenvalue weighted by Gasteiger charge is -2.08. The van der Waals surface area contributed by atoms with Crippen LogP contribution < -0.4 is 4.72 Å². The molecule has 0 heterocycles. The Morgan fingerprint density at radius 2 is 1.71 bits per heavy atom. The Hall–Kier alpha value is -1.08. The molecular formula is C10H12F3NO2S. The van der Waals surface area contributed by atoms with Crippen LogP contribution in [0.4, 0.5) is 13.2 Å². The molecule has 0 aliphatic rings. The van der Waals surface area contributed by atoms with Gasteiger partial charge in [0.1, 0.15) is 0 Å². The predicted molar refractivity (Wildman–Crippen MR) is 58.0 cm³/mol. The number of nitrogens with one attached hydrogen (secondary N) is 1. The van der Waals surface area contributed by atoms with E-state index in [9.17, 15) is 21.6 Å². The second kappa shape index (κ2) is 5.50. The fourth-order valence-corrected chi connectivity index (χ4v) is 2.21. The zero-order chi connectivity index (χ0) is 12.9. The number of hydrogen-bond acceptors (Lipinski definition) is 2. The minimum absolute atomic E-state index is 0.0393. The van der Waals surface area contributed by atoms with Gasteiger partial charge in [0.05, 0.1) is 0 Å². The Labute approximate surface area is 97.7 Å². The van der Waals surface area contributed by atoms with E-state index in [0.717, 1.165) is 5.56 Å². The average molecular weight is 267 g/mol. The molecule has 96 valence electrons. The van der Waals surface area contributed by atoms with Crippen LogP contribution in [-0.2, 0) is 16.4 Å². The van der Waals surface area contributed by atoms with Crippen molar-refractivity contribution < 1.29 is 21.6 Å². The second-order valence-electron chi connectivity index (χ2n) is 3.50. The van der Waals surface area contributed by atoms with E-state index in [-0.39, 0.29) is 6.54 Å². The Kier molecular flexibility index (Phi) is 4.53. The molecule has 0 spiro atoms. The molecule has 0 saturated carbocycles. The summed E-state index contributed by atoms with van der Waals surface area (Å²) in [6.45, 7) is -0.0393. The van der Waals surface area contributed by atoms with Gasteiger partial charge in [-0.3, -0.25) is 0 Å². The van der Waals surface area contributed by atoms with Crippen molar-refractivity contribution in [3.63, 3.8) is 0 Å². The van der Waals surface area contributed by atoms with E-state index in [4.69, 9.17) is 0 Å². The summed E-state index contributed by atoms with van der Waals surface area (Å²) in [6.07, 6.45) is -4.35. The molecule has 0 fully saturated rings. The van der Waals surface area contributed by atoms with Gasteiger partial charge in [-0.2, -0.15) is 13.2 Å². The zero-order valence-corrected chi connectivity index (χ0v) is 9.68. The number of alkyl halides is 3. The van der Waals surface area contributed by atoms with Crippen molar-refractivity contribution in [3.8, 4) is 0 Å². The molecule has 3 nitrogen and oxygen atoms in total. The first-order chi connectivity index (χ1) is 7.79. The quantitative estimate of drug-likeness (QED) is 0.882. The molecule has 0 saturated heterocycles. The van der Waals surface area contributed by atoms with Gasteiger partial charge in [-0.1, -0.05) is 30.3 Å². The van der Waals surface area contributed by atoms with Crippen LogP contribution in [0.5, 0.6) is 0 Å². The first kappa shape index (κ1) is 14.0. The number of rotatable bonds is 5. The Balaban J connectivity index is 2.41. The summed E-state index contributed by atoms with van der Waals surface area (Å²) in [5, 5.41) is 0. The summed E-state index contributed by atoms with van der Waals surface area (Å²) in [4.78, 5) is 0. The highest BCUT2D eigenvalue weighted by atomic mass is 32.2. The lowest BCUT2D eigenvalue weighted by molar-refractivity contribution is -0.106. The molecule has 17 heavy (non-hydrogen) atoms. The fraction of sp³-hybridized carbons (Fsp3) is 0.400. The first-order valence-electron chi connectivity index (χ1n) is 4.86. The van der Waals surface area contributed by atoms with Crippen molar-refractivity contribution in [2.24, 2.45) is 0 Å². The number of sulfonamides is 1. The summed E-state index contributed by atoms with van der Waals surface area (Å²) in [6, 6.07) is 8.91. The first-order valence-corrected chi connectivity index (χ1v) is 6.52. The Morgan fingerprint density at radius 1 is 1.12 bits per heavy atom. The van der Waals surface area contributed by atoms with Crippen LogP contribution in [0.1, 0.15) is 5.56 Å². The van der Waals surface area contributed by atoms with Gasteiger partial charge in [0.15, 0.2) is 5.75 Å². The van der Waals surface area contributed by atoms with Gasteiger partial charge in [0.2, 0.25) is 10.0 Å². The maximum Gasteiger partial charge on any atom is 0.404 e. The molecule has 1 aromatic rings. The minimum atomic E-state index is -4.71. The number of benzene rings is 1. The van der Waals surface area contributed by atoms with Crippen LogP contribution in [0.3, 0.4) is 0 Å². The topological polar surface area (TPSA) is 46.2 Å². The van der Waals surface area contributed by atoms with Gasteiger partial charge >= 0.3 is 6.18 Å². The molecule has 7 heteroatoms. The maximum atomic E-state index is 11.9. The van der Waals surface area contributed by atoms with E-state index in [0.29, 0.717) is 6.42 Å².